The number of nitrogens with zero attached hydrogens (tertiary/aromatic N) is 10. The predicted molar refractivity (Wildman–Crippen MR) is 220 cm³/mol. The number of thiazole rings is 2. The van der Waals surface area contributed by atoms with E-state index in [-0.39, 0.29) is 16.6 Å². The van der Waals surface area contributed by atoms with E-state index in [1.807, 2.05) is 67.6 Å². The number of benzene rings is 2. The third-order valence-electron chi connectivity index (χ3n) is 8.09. The minimum Gasteiger partial charge on any atom is -0.444 e. The molecule has 5 N–H and O–H groups in total. The first-order valence-electron chi connectivity index (χ1n) is 18.4. The lowest BCUT2D eigenvalue weighted by Gasteiger charge is -2.26. The number of ether oxygens (including phenoxy) is 1. The van der Waals surface area contributed by atoms with Crippen molar-refractivity contribution >= 4 is 51.4 Å². The molecule has 0 radical (unpaired) electrons. The number of nitrogen functional groups attached to an aromatic ring is 1. The van der Waals surface area contributed by atoms with Gasteiger partial charge in [-0.25, -0.2) is 24.1 Å². The van der Waals surface area contributed by atoms with Crippen molar-refractivity contribution in [3.8, 4) is 21.4 Å². The van der Waals surface area contributed by atoms with Crippen LogP contribution in [0.25, 0.3) is 21.4 Å². The highest BCUT2D eigenvalue weighted by Gasteiger charge is 2.33. The van der Waals surface area contributed by atoms with Crippen molar-refractivity contribution in [2.24, 2.45) is 5.41 Å². The van der Waals surface area contributed by atoms with Crippen LogP contribution in [0.5, 0.6) is 0 Å². The second-order valence-electron chi connectivity index (χ2n) is 15.2. The lowest BCUT2D eigenvalue weighted by atomic mass is 9.88. The van der Waals surface area contributed by atoms with Gasteiger partial charge >= 0.3 is 6.09 Å². The van der Waals surface area contributed by atoms with Gasteiger partial charge in [-0.2, -0.15) is 0 Å². The van der Waals surface area contributed by atoms with Crippen LogP contribution in [0.4, 0.5) is 15.7 Å². The fourth-order valence-electron chi connectivity index (χ4n) is 5.25. The summed E-state index contributed by atoms with van der Waals surface area (Å²) < 4.78 is 8.51. The van der Waals surface area contributed by atoms with Gasteiger partial charge in [0, 0.05) is 0 Å². The second kappa shape index (κ2) is 19.0. The van der Waals surface area contributed by atoms with Gasteiger partial charge < -0.3 is 20.9 Å². The molecule has 58 heavy (non-hydrogen) atoms. The zero-order valence-electron chi connectivity index (χ0n) is 33.3. The summed E-state index contributed by atoms with van der Waals surface area (Å²) in [7, 11) is 0. The monoisotopic (exact) mass is 829 g/mol. The smallest absolute Gasteiger partial charge is 0.413 e. The van der Waals surface area contributed by atoms with Crippen LogP contribution in [0.3, 0.4) is 0 Å². The highest BCUT2D eigenvalue weighted by atomic mass is 32.1. The Balaban J connectivity index is 0.000000229. The van der Waals surface area contributed by atoms with Gasteiger partial charge in [-0.05, 0) is 64.6 Å². The quantitative estimate of drug-likeness (QED) is 0.105. The molecule has 0 spiro atoms. The number of hydrogen-bond donors (Lipinski definition) is 4. The van der Waals surface area contributed by atoms with Crippen LogP contribution in [0.15, 0.2) is 66.9 Å². The number of aliphatic hydroxyl groups is 1. The molecule has 0 saturated heterocycles. The van der Waals surface area contributed by atoms with Crippen LogP contribution in [-0.2, 0) is 22.6 Å². The molecule has 6 aromatic rings. The first-order valence-corrected chi connectivity index (χ1v) is 20.0. The molecule has 4 aromatic heterocycles. The molecular weight excluding hydrogens is 783 g/mol. The number of anilines is 2. The summed E-state index contributed by atoms with van der Waals surface area (Å²) in [4.78, 5) is 47.2. The van der Waals surface area contributed by atoms with E-state index in [9.17, 15) is 19.5 Å². The molecule has 2 aromatic carbocycles. The van der Waals surface area contributed by atoms with E-state index in [4.69, 9.17) is 10.5 Å². The number of Topliss-reactive ketones (excluding diaryl/α,β-unsaturated/α-hetero) is 1. The van der Waals surface area contributed by atoms with Gasteiger partial charge in [-0.3, -0.25) is 14.9 Å². The number of aromatic nitrogens is 10. The Morgan fingerprint density at radius 1 is 0.862 bits per heavy atom. The van der Waals surface area contributed by atoms with Gasteiger partial charge in [0.15, 0.2) is 21.8 Å². The van der Waals surface area contributed by atoms with Crippen molar-refractivity contribution in [1.29, 1.82) is 0 Å². The zero-order valence-corrected chi connectivity index (χ0v) is 34.9. The second-order valence-corrected chi connectivity index (χ2v) is 17.2. The summed E-state index contributed by atoms with van der Waals surface area (Å²) in [6.07, 6.45) is 0.902. The third kappa shape index (κ3) is 11.8. The Bertz CT molecular complexity index is 2280. The fraction of sp³-hybridized carbons (Fsp3) is 0.395. The number of carbonyl (C=O) groups is 3. The van der Waals surface area contributed by atoms with Crippen molar-refractivity contribution < 1.29 is 24.2 Å². The molecule has 0 unspecified atom stereocenters. The van der Waals surface area contributed by atoms with Gasteiger partial charge in [-0.1, -0.05) is 106 Å². The molecular formula is C38H47N13O5S2. The van der Waals surface area contributed by atoms with Crippen LogP contribution in [0.1, 0.15) is 82.2 Å². The number of ketones is 1. The van der Waals surface area contributed by atoms with E-state index in [0.717, 1.165) is 27.3 Å². The van der Waals surface area contributed by atoms with E-state index in [2.05, 4.69) is 51.7 Å². The highest BCUT2D eigenvalue weighted by molar-refractivity contribution is 7.19. The number of amides is 2. The molecule has 0 fully saturated rings. The van der Waals surface area contributed by atoms with Crippen LogP contribution in [0.2, 0.25) is 0 Å². The summed E-state index contributed by atoms with van der Waals surface area (Å²) in [5.74, 6) is 0.191. The van der Waals surface area contributed by atoms with E-state index in [0.29, 0.717) is 47.6 Å². The molecule has 306 valence electrons. The van der Waals surface area contributed by atoms with Crippen LogP contribution in [0, 0.1) is 5.41 Å². The highest BCUT2D eigenvalue weighted by Crippen LogP contribution is 2.32. The summed E-state index contributed by atoms with van der Waals surface area (Å²) in [5, 5.41) is 39.8. The van der Waals surface area contributed by atoms with Crippen molar-refractivity contribution in [3.05, 3.63) is 83.0 Å². The minimum absolute atomic E-state index is 0.142. The maximum absolute atomic E-state index is 13.2. The maximum Gasteiger partial charge on any atom is 0.413 e. The number of nitrogens with one attached hydrogen (secondary N) is 2. The number of hydrogen-bond acceptors (Lipinski definition) is 16. The lowest BCUT2D eigenvalue weighted by Crippen LogP contribution is -2.49. The average Bonchev–Trinajstić information content (AvgIpc) is 3.99. The van der Waals surface area contributed by atoms with Crippen molar-refractivity contribution in [3.63, 3.8) is 0 Å². The van der Waals surface area contributed by atoms with Gasteiger partial charge in [0.25, 0.3) is 0 Å². The Morgan fingerprint density at radius 3 is 1.98 bits per heavy atom. The standard InChI is InChI=1S/C22H29N7O3S.C16H18N6O2S/c1-5-9-14(24-20(32)17(31)22(2,3)4)15(30)21-25-18(23)16(33-21)19-26-27-28-29(19)12-13-10-7-6-8-11-13;1-16(2,3)24-15(23)18-14-17-9-12(25-14)13-19-20-21-22(13)10-11-7-5-4-6-8-11/h6-8,10-11,14,17,31H,5,9,12,23H2,1-4H3,(H,24,32);4-9H,10H2,1-3H3,(H,17,18,23)/t14-,17+;/m0./s1. The molecule has 2 amide bonds. The van der Waals surface area contributed by atoms with Gasteiger partial charge in [-0.15, -0.1) is 21.5 Å². The van der Waals surface area contributed by atoms with E-state index in [1.165, 1.54) is 11.3 Å². The van der Waals surface area contributed by atoms with Gasteiger partial charge in [0.05, 0.1) is 30.2 Å². The fourth-order valence-corrected chi connectivity index (χ4v) is 7.01. The molecule has 18 nitrogen and oxygen atoms in total. The number of nitrogens with two attached hydrogens (primary N) is 1. The molecule has 0 aliphatic rings. The van der Waals surface area contributed by atoms with Crippen molar-refractivity contribution in [1.82, 2.24) is 55.7 Å². The van der Waals surface area contributed by atoms with E-state index < -0.39 is 35.2 Å². The molecule has 0 aliphatic heterocycles. The Morgan fingerprint density at radius 2 is 1.43 bits per heavy atom. The van der Waals surface area contributed by atoms with E-state index in [1.54, 1.807) is 57.1 Å². The maximum atomic E-state index is 13.2. The SMILES string of the molecule is CC(C)(C)OC(=O)Nc1ncc(-c2nnnn2Cc2ccccc2)s1.CCC[C@H](NC(=O)[C@@H](O)C(C)(C)C)C(=O)c1nc(N)c(-c2nnnn2Cc2ccccc2)s1. The summed E-state index contributed by atoms with van der Waals surface area (Å²) in [6, 6.07) is 18.8. The molecule has 4 heterocycles. The molecule has 2 atom stereocenters. The Labute approximate surface area is 343 Å². The summed E-state index contributed by atoms with van der Waals surface area (Å²) >= 11 is 2.37. The van der Waals surface area contributed by atoms with Crippen LogP contribution < -0.4 is 16.4 Å². The number of aliphatic hydroxyl groups excluding tert-OH is 1. The Kier molecular flexibility index (Phi) is 14.1. The predicted octanol–water partition coefficient (Wildman–Crippen LogP) is 5.49. The lowest BCUT2D eigenvalue weighted by molar-refractivity contribution is -0.135. The molecule has 20 heteroatoms. The van der Waals surface area contributed by atoms with Crippen molar-refractivity contribution in [2.75, 3.05) is 11.1 Å². The number of tetrazole rings is 2. The Hall–Kier alpha value is -5.99. The number of rotatable bonds is 13. The third-order valence-corrected chi connectivity index (χ3v) is 10.1. The first kappa shape index (κ1) is 43.1. The van der Waals surface area contributed by atoms with Crippen LogP contribution >= 0.6 is 22.7 Å². The minimum atomic E-state index is -1.25. The zero-order chi connectivity index (χ0) is 42.0. The summed E-state index contributed by atoms with van der Waals surface area (Å²) in [5.41, 5.74) is 7.00. The average molecular weight is 830 g/mol. The number of carbonyl (C=O) groups excluding carboxylic acids is 3. The van der Waals surface area contributed by atoms with E-state index >= 15 is 0 Å². The van der Waals surface area contributed by atoms with Gasteiger partial charge in [0.1, 0.15) is 22.4 Å². The molecule has 0 aliphatic carbocycles. The summed E-state index contributed by atoms with van der Waals surface area (Å²) in [6.45, 7) is 13.6. The molecule has 6 rings (SSSR count). The van der Waals surface area contributed by atoms with Crippen molar-refractivity contribution in [2.45, 2.75) is 92.1 Å². The largest absolute Gasteiger partial charge is 0.444 e. The normalized spacial score (nSPS) is 12.6. The van der Waals surface area contributed by atoms with Crippen LogP contribution in [-0.4, -0.2) is 91.0 Å². The molecule has 0 saturated carbocycles. The topological polar surface area (TPSA) is 244 Å². The van der Waals surface area contributed by atoms with Gasteiger partial charge in [0.2, 0.25) is 11.7 Å². The molecule has 0 bridgehead atoms. The first-order chi connectivity index (χ1) is 27.5.